The van der Waals surface area contributed by atoms with E-state index in [-0.39, 0.29) is 10.3 Å². The van der Waals surface area contributed by atoms with Crippen LogP contribution >= 0.6 is 0 Å². The van der Waals surface area contributed by atoms with Crippen LogP contribution in [0.3, 0.4) is 0 Å². The first-order valence-electron chi connectivity index (χ1n) is 6.53. The van der Waals surface area contributed by atoms with E-state index in [0.717, 1.165) is 18.9 Å². The van der Waals surface area contributed by atoms with E-state index in [2.05, 4.69) is 6.92 Å². The van der Waals surface area contributed by atoms with Gasteiger partial charge in [-0.25, -0.2) is 17.9 Å². The van der Waals surface area contributed by atoms with E-state index in [1.807, 2.05) is 4.90 Å². The van der Waals surface area contributed by atoms with Gasteiger partial charge in [0, 0.05) is 13.1 Å². The largest absolute Gasteiger partial charge is 0.369 e. The lowest BCUT2D eigenvalue weighted by Crippen LogP contribution is -2.42. The normalized spacial score (nSPS) is 19.1. The van der Waals surface area contributed by atoms with Crippen LogP contribution < -0.4 is 15.8 Å². The summed E-state index contributed by atoms with van der Waals surface area (Å²) in [5.41, 5.74) is 6.26. The lowest BCUT2D eigenvalue weighted by Gasteiger charge is -2.39. The van der Waals surface area contributed by atoms with Gasteiger partial charge in [0.05, 0.1) is 10.6 Å². The van der Waals surface area contributed by atoms with Crippen molar-refractivity contribution in [3.8, 4) is 0 Å². The van der Waals surface area contributed by atoms with Gasteiger partial charge >= 0.3 is 0 Å². The van der Waals surface area contributed by atoms with Crippen LogP contribution in [0.1, 0.15) is 19.8 Å². The number of primary sulfonamides is 1. The summed E-state index contributed by atoms with van der Waals surface area (Å²) in [4.78, 5) is 1.71. The van der Waals surface area contributed by atoms with Gasteiger partial charge in [0.1, 0.15) is 5.82 Å². The van der Waals surface area contributed by atoms with Crippen molar-refractivity contribution in [2.75, 3.05) is 24.5 Å². The first-order valence-corrected chi connectivity index (χ1v) is 8.07. The third-order valence-corrected chi connectivity index (χ3v) is 4.96. The third-order valence-electron chi connectivity index (χ3n) is 4.05. The van der Waals surface area contributed by atoms with Crippen LogP contribution in [0.2, 0.25) is 0 Å². The first kappa shape index (κ1) is 15.2. The molecule has 0 saturated carbocycles. The predicted molar refractivity (Wildman–Crippen MR) is 76.4 cm³/mol. The SMILES string of the molecule is CC1(CN)CCN(c2ccc(S(N)(=O)=O)cc2F)CC1. The molecule has 7 heteroatoms. The molecule has 1 saturated heterocycles. The minimum Gasteiger partial charge on any atom is -0.369 e. The van der Waals surface area contributed by atoms with Crippen LogP contribution in [0.4, 0.5) is 10.1 Å². The van der Waals surface area contributed by atoms with Crippen LogP contribution in [0.5, 0.6) is 0 Å². The van der Waals surface area contributed by atoms with E-state index in [4.69, 9.17) is 10.9 Å². The van der Waals surface area contributed by atoms with E-state index in [1.165, 1.54) is 12.1 Å². The fraction of sp³-hybridized carbons (Fsp3) is 0.538. The molecule has 112 valence electrons. The van der Waals surface area contributed by atoms with Crippen molar-refractivity contribution >= 4 is 15.7 Å². The molecule has 5 nitrogen and oxygen atoms in total. The maximum Gasteiger partial charge on any atom is 0.238 e. The standard InChI is InChI=1S/C13H20FN3O2S/c1-13(9-15)4-6-17(7-5-13)12-3-2-10(8-11(12)14)20(16,18)19/h2-3,8H,4-7,9,15H2,1H3,(H2,16,18,19). The van der Waals surface area contributed by atoms with Gasteiger partial charge in [-0.05, 0) is 43.0 Å². The van der Waals surface area contributed by atoms with Crippen molar-refractivity contribution < 1.29 is 12.8 Å². The quantitative estimate of drug-likeness (QED) is 0.873. The number of halogens is 1. The highest BCUT2D eigenvalue weighted by Gasteiger charge is 2.29. The first-order chi connectivity index (χ1) is 9.25. The summed E-state index contributed by atoms with van der Waals surface area (Å²) in [7, 11) is -3.87. The number of hydrogen-bond acceptors (Lipinski definition) is 4. The molecule has 0 radical (unpaired) electrons. The Bertz CT molecular complexity index is 596. The van der Waals surface area contributed by atoms with Gasteiger partial charge in [0.25, 0.3) is 0 Å². The summed E-state index contributed by atoms with van der Waals surface area (Å²) < 4.78 is 36.4. The molecule has 0 unspecified atom stereocenters. The second-order valence-electron chi connectivity index (χ2n) is 5.66. The highest BCUT2D eigenvalue weighted by atomic mass is 32.2. The van der Waals surface area contributed by atoms with E-state index in [0.29, 0.717) is 25.3 Å². The zero-order valence-corrected chi connectivity index (χ0v) is 12.3. The maximum absolute atomic E-state index is 14.1. The molecule has 0 bridgehead atoms. The van der Waals surface area contributed by atoms with E-state index >= 15 is 0 Å². The zero-order valence-electron chi connectivity index (χ0n) is 11.5. The number of hydrogen-bond donors (Lipinski definition) is 2. The number of rotatable bonds is 3. The molecule has 1 fully saturated rings. The number of benzene rings is 1. The van der Waals surface area contributed by atoms with Crippen LogP contribution in [0, 0.1) is 11.2 Å². The summed E-state index contributed by atoms with van der Waals surface area (Å²) in [6, 6.07) is 3.78. The minimum atomic E-state index is -3.87. The Morgan fingerprint density at radius 2 is 1.95 bits per heavy atom. The van der Waals surface area contributed by atoms with Crippen LogP contribution in [-0.2, 0) is 10.0 Å². The fourth-order valence-electron chi connectivity index (χ4n) is 2.41. The Kier molecular flexibility index (Phi) is 4.04. The molecule has 1 aliphatic heterocycles. The van der Waals surface area contributed by atoms with E-state index in [1.54, 1.807) is 0 Å². The molecule has 0 spiro atoms. The maximum atomic E-state index is 14.1. The summed E-state index contributed by atoms with van der Waals surface area (Å²) >= 11 is 0. The number of anilines is 1. The summed E-state index contributed by atoms with van der Waals surface area (Å²) in [6.45, 7) is 4.16. The third kappa shape index (κ3) is 3.11. The molecule has 0 aromatic heterocycles. The van der Waals surface area contributed by atoms with Crippen molar-refractivity contribution in [3.63, 3.8) is 0 Å². The number of piperidine rings is 1. The molecular weight excluding hydrogens is 281 g/mol. The molecular formula is C13H20FN3O2S. The molecule has 4 N–H and O–H groups in total. The van der Waals surface area contributed by atoms with E-state index < -0.39 is 15.8 Å². The molecule has 1 heterocycles. The predicted octanol–water partition coefficient (Wildman–Crippen LogP) is 1.04. The molecule has 0 atom stereocenters. The minimum absolute atomic E-state index is 0.105. The van der Waals surface area contributed by atoms with Crippen molar-refractivity contribution in [2.45, 2.75) is 24.7 Å². The Balaban J connectivity index is 2.19. The van der Waals surface area contributed by atoms with Gasteiger partial charge in [0.2, 0.25) is 10.0 Å². The number of nitrogens with two attached hydrogens (primary N) is 2. The molecule has 1 aliphatic rings. The fourth-order valence-corrected chi connectivity index (χ4v) is 2.94. The van der Waals surface area contributed by atoms with Crippen molar-refractivity contribution in [2.24, 2.45) is 16.3 Å². The van der Waals surface area contributed by atoms with Crippen molar-refractivity contribution in [3.05, 3.63) is 24.0 Å². The average Bonchev–Trinajstić information content (AvgIpc) is 2.39. The topological polar surface area (TPSA) is 89.4 Å². The van der Waals surface area contributed by atoms with Gasteiger partial charge in [-0.3, -0.25) is 0 Å². The van der Waals surface area contributed by atoms with Crippen LogP contribution in [-0.4, -0.2) is 28.1 Å². The van der Waals surface area contributed by atoms with Crippen LogP contribution in [0.15, 0.2) is 23.1 Å². The van der Waals surface area contributed by atoms with Crippen molar-refractivity contribution in [1.29, 1.82) is 0 Å². The molecule has 1 aromatic rings. The number of sulfonamides is 1. The molecule has 0 aliphatic carbocycles. The Morgan fingerprint density at radius 3 is 2.40 bits per heavy atom. The lowest BCUT2D eigenvalue weighted by molar-refractivity contribution is 0.257. The highest BCUT2D eigenvalue weighted by Crippen LogP contribution is 2.33. The molecule has 1 aromatic carbocycles. The van der Waals surface area contributed by atoms with Crippen molar-refractivity contribution in [1.82, 2.24) is 0 Å². The van der Waals surface area contributed by atoms with Crippen LogP contribution in [0.25, 0.3) is 0 Å². The second-order valence-corrected chi connectivity index (χ2v) is 7.22. The monoisotopic (exact) mass is 301 g/mol. The molecule has 2 rings (SSSR count). The van der Waals surface area contributed by atoms with Gasteiger partial charge in [-0.15, -0.1) is 0 Å². The van der Waals surface area contributed by atoms with Gasteiger partial charge < -0.3 is 10.6 Å². The lowest BCUT2D eigenvalue weighted by atomic mass is 9.80. The summed E-state index contributed by atoms with van der Waals surface area (Å²) in [5.74, 6) is -0.562. The Hall–Kier alpha value is -1.18. The summed E-state index contributed by atoms with van der Waals surface area (Å²) in [6.07, 6.45) is 1.78. The van der Waals surface area contributed by atoms with Gasteiger partial charge in [0.15, 0.2) is 0 Å². The molecule has 0 amide bonds. The second kappa shape index (κ2) is 5.31. The average molecular weight is 301 g/mol. The Morgan fingerprint density at radius 1 is 1.35 bits per heavy atom. The zero-order chi connectivity index (χ0) is 15.0. The number of nitrogens with zero attached hydrogens (tertiary/aromatic N) is 1. The Labute approximate surface area is 118 Å². The smallest absolute Gasteiger partial charge is 0.238 e. The van der Waals surface area contributed by atoms with E-state index in [9.17, 15) is 12.8 Å². The molecule has 20 heavy (non-hydrogen) atoms. The van der Waals surface area contributed by atoms with Gasteiger partial charge in [-0.1, -0.05) is 6.92 Å². The highest BCUT2D eigenvalue weighted by molar-refractivity contribution is 7.89. The summed E-state index contributed by atoms with van der Waals surface area (Å²) in [5, 5.41) is 4.99. The van der Waals surface area contributed by atoms with Gasteiger partial charge in [-0.2, -0.15) is 0 Å².